The predicted octanol–water partition coefficient (Wildman–Crippen LogP) is 3.68. The van der Waals surface area contributed by atoms with Crippen molar-refractivity contribution in [3.05, 3.63) is 41.6 Å². The lowest BCUT2D eigenvalue weighted by molar-refractivity contribution is -0.118. The lowest BCUT2D eigenvalue weighted by atomic mass is 9.91. The maximum atomic E-state index is 12.8. The van der Waals surface area contributed by atoms with Gasteiger partial charge in [-0.05, 0) is 42.4 Å². The number of amides is 1. The van der Waals surface area contributed by atoms with Crippen LogP contribution >= 0.6 is 0 Å². The van der Waals surface area contributed by atoms with Gasteiger partial charge in [0.15, 0.2) is 5.82 Å². The summed E-state index contributed by atoms with van der Waals surface area (Å²) in [6.07, 6.45) is 2.59. The van der Waals surface area contributed by atoms with Crippen LogP contribution in [-0.4, -0.2) is 23.2 Å². The zero-order valence-corrected chi connectivity index (χ0v) is 14.8. The molecule has 1 fully saturated rings. The molecule has 1 aliphatic carbocycles. The fourth-order valence-corrected chi connectivity index (χ4v) is 3.02. The molecule has 0 saturated heterocycles. The Balaban J connectivity index is 1.73. The molecule has 0 aliphatic heterocycles. The van der Waals surface area contributed by atoms with Gasteiger partial charge >= 0.3 is 0 Å². The second-order valence-corrected chi connectivity index (χ2v) is 7.78. The van der Waals surface area contributed by atoms with Gasteiger partial charge in [-0.1, -0.05) is 32.9 Å². The summed E-state index contributed by atoms with van der Waals surface area (Å²) < 4.78 is 5.28. The molecule has 5 heteroatoms. The van der Waals surface area contributed by atoms with E-state index in [0.717, 1.165) is 36.3 Å². The molecule has 2 aromatic rings. The lowest BCUT2D eigenvalue weighted by Gasteiger charge is -2.16. The van der Waals surface area contributed by atoms with Crippen LogP contribution in [0.2, 0.25) is 0 Å². The second-order valence-electron chi connectivity index (χ2n) is 7.78. The third-order valence-electron chi connectivity index (χ3n) is 4.40. The van der Waals surface area contributed by atoms with Crippen LogP contribution in [0.1, 0.15) is 44.9 Å². The summed E-state index contributed by atoms with van der Waals surface area (Å²) in [6, 6.07) is 9.68. The third kappa shape index (κ3) is 3.45. The molecule has 1 aliphatic rings. The van der Waals surface area contributed by atoms with Gasteiger partial charge in [-0.15, -0.1) is 0 Å². The van der Waals surface area contributed by atoms with Crippen LogP contribution in [0.5, 0.6) is 5.75 Å². The van der Waals surface area contributed by atoms with Gasteiger partial charge in [0.2, 0.25) is 5.91 Å². The molecule has 3 rings (SSSR count). The number of benzene rings is 1. The fraction of sp³-hybridized carbons (Fsp3) is 0.474. The van der Waals surface area contributed by atoms with E-state index in [4.69, 9.17) is 4.74 Å². The molecule has 0 unspecified atom stereocenters. The van der Waals surface area contributed by atoms with Crippen LogP contribution < -0.4 is 10.1 Å². The van der Waals surface area contributed by atoms with Crippen LogP contribution in [0, 0.1) is 5.41 Å². The van der Waals surface area contributed by atoms with Crippen molar-refractivity contribution >= 4 is 11.7 Å². The van der Waals surface area contributed by atoms with Gasteiger partial charge in [-0.25, -0.2) is 0 Å². The maximum absolute atomic E-state index is 12.8. The van der Waals surface area contributed by atoms with Gasteiger partial charge < -0.3 is 10.1 Å². The van der Waals surface area contributed by atoms with Crippen molar-refractivity contribution in [3.63, 3.8) is 0 Å². The number of carbonyl (C=O) groups excluding carboxylic acids is 1. The summed E-state index contributed by atoms with van der Waals surface area (Å²) in [5, 5.41) is 10.2. The number of aromatic nitrogens is 2. The normalized spacial score (nSPS) is 15.8. The van der Waals surface area contributed by atoms with E-state index in [1.807, 2.05) is 30.3 Å². The van der Waals surface area contributed by atoms with E-state index in [1.165, 1.54) is 0 Å². The van der Waals surface area contributed by atoms with Crippen LogP contribution in [-0.2, 0) is 16.6 Å². The minimum Gasteiger partial charge on any atom is -0.497 e. The molecule has 24 heavy (non-hydrogen) atoms. The van der Waals surface area contributed by atoms with E-state index in [1.54, 1.807) is 7.11 Å². The van der Waals surface area contributed by atoms with Crippen molar-refractivity contribution in [2.45, 2.75) is 45.4 Å². The van der Waals surface area contributed by atoms with E-state index in [0.29, 0.717) is 5.82 Å². The summed E-state index contributed by atoms with van der Waals surface area (Å²) in [4.78, 5) is 12.8. The molecule has 5 nitrogen and oxygen atoms in total. The average Bonchev–Trinajstić information content (AvgIpc) is 3.24. The SMILES string of the molecule is COc1cccc(C2(C(=O)Nc3cc(CC(C)(C)C)[nH]n3)CC2)c1. The number of H-pyrrole nitrogens is 1. The Bertz CT molecular complexity index is 739. The van der Waals surface area contributed by atoms with Crippen molar-refractivity contribution in [3.8, 4) is 5.75 Å². The Kier molecular flexibility index (Phi) is 4.11. The molecule has 0 spiro atoms. The Labute approximate surface area is 142 Å². The molecule has 128 valence electrons. The van der Waals surface area contributed by atoms with Gasteiger partial charge in [0.05, 0.1) is 12.5 Å². The lowest BCUT2D eigenvalue weighted by Crippen LogP contribution is -2.28. The van der Waals surface area contributed by atoms with Crippen LogP contribution in [0.15, 0.2) is 30.3 Å². The number of rotatable bonds is 5. The number of carbonyl (C=O) groups is 1. The summed E-state index contributed by atoms with van der Waals surface area (Å²) in [5.41, 5.74) is 1.76. The van der Waals surface area contributed by atoms with Crippen LogP contribution in [0.3, 0.4) is 0 Å². The van der Waals surface area contributed by atoms with Gasteiger partial charge in [-0.2, -0.15) is 5.10 Å². The largest absolute Gasteiger partial charge is 0.497 e. The topological polar surface area (TPSA) is 67.0 Å². The fourth-order valence-electron chi connectivity index (χ4n) is 3.02. The molecule has 0 bridgehead atoms. The number of nitrogens with one attached hydrogen (secondary N) is 2. The van der Waals surface area contributed by atoms with E-state index < -0.39 is 5.41 Å². The minimum atomic E-state index is -0.447. The standard InChI is InChI=1S/C19H25N3O2/c1-18(2,3)12-14-11-16(22-21-14)20-17(23)19(8-9-19)13-6-5-7-15(10-13)24-4/h5-7,10-11H,8-9,12H2,1-4H3,(H2,20,21,22,23). The van der Waals surface area contributed by atoms with E-state index >= 15 is 0 Å². The highest BCUT2D eigenvalue weighted by molar-refractivity contribution is 6.00. The molecule has 0 radical (unpaired) electrons. The van der Waals surface area contributed by atoms with Gasteiger partial charge in [0.25, 0.3) is 0 Å². The number of anilines is 1. The minimum absolute atomic E-state index is 0.00422. The highest BCUT2D eigenvalue weighted by atomic mass is 16.5. The molecule has 1 aromatic heterocycles. The highest BCUT2D eigenvalue weighted by Gasteiger charge is 2.51. The number of hydrogen-bond acceptors (Lipinski definition) is 3. The zero-order chi connectivity index (χ0) is 17.4. The van der Waals surface area contributed by atoms with E-state index in [9.17, 15) is 4.79 Å². The van der Waals surface area contributed by atoms with Crippen molar-refractivity contribution in [1.82, 2.24) is 10.2 Å². The Morgan fingerprint density at radius 1 is 1.33 bits per heavy atom. The number of hydrogen-bond donors (Lipinski definition) is 2. The zero-order valence-electron chi connectivity index (χ0n) is 14.8. The van der Waals surface area contributed by atoms with Gasteiger partial charge in [-0.3, -0.25) is 9.89 Å². The number of aromatic amines is 1. The Hall–Kier alpha value is -2.30. The summed E-state index contributed by atoms with van der Waals surface area (Å²) in [6.45, 7) is 6.52. The maximum Gasteiger partial charge on any atom is 0.236 e. The first-order valence-corrected chi connectivity index (χ1v) is 8.33. The van der Waals surface area contributed by atoms with Crippen molar-refractivity contribution in [2.24, 2.45) is 5.41 Å². The van der Waals surface area contributed by atoms with Crippen molar-refractivity contribution in [1.29, 1.82) is 0 Å². The Morgan fingerprint density at radius 2 is 2.08 bits per heavy atom. The molecule has 1 heterocycles. The highest BCUT2D eigenvalue weighted by Crippen LogP contribution is 2.49. The molecule has 0 atom stereocenters. The third-order valence-corrected chi connectivity index (χ3v) is 4.40. The van der Waals surface area contributed by atoms with Crippen LogP contribution in [0.25, 0.3) is 0 Å². The van der Waals surface area contributed by atoms with E-state index in [2.05, 4.69) is 36.3 Å². The number of ether oxygens (including phenoxy) is 1. The first kappa shape index (κ1) is 16.6. The molecule has 1 aromatic carbocycles. The summed E-state index contributed by atoms with van der Waals surface area (Å²) >= 11 is 0. The molecular weight excluding hydrogens is 302 g/mol. The monoisotopic (exact) mass is 327 g/mol. The number of methoxy groups -OCH3 is 1. The second kappa shape index (κ2) is 5.96. The smallest absolute Gasteiger partial charge is 0.236 e. The first-order valence-electron chi connectivity index (χ1n) is 8.33. The van der Waals surface area contributed by atoms with Crippen molar-refractivity contribution < 1.29 is 9.53 Å². The van der Waals surface area contributed by atoms with Gasteiger partial charge in [0.1, 0.15) is 5.75 Å². The number of nitrogens with zero attached hydrogens (tertiary/aromatic N) is 1. The Morgan fingerprint density at radius 3 is 2.71 bits per heavy atom. The summed E-state index contributed by atoms with van der Waals surface area (Å²) in [7, 11) is 1.64. The van der Waals surface area contributed by atoms with Crippen molar-refractivity contribution in [2.75, 3.05) is 12.4 Å². The molecule has 1 amide bonds. The molecular formula is C19H25N3O2. The van der Waals surface area contributed by atoms with E-state index in [-0.39, 0.29) is 11.3 Å². The predicted molar refractivity (Wildman–Crippen MR) is 94.3 cm³/mol. The molecule has 1 saturated carbocycles. The quantitative estimate of drug-likeness (QED) is 0.880. The average molecular weight is 327 g/mol. The van der Waals surface area contributed by atoms with Crippen LogP contribution in [0.4, 0.5) is 5.82 Å². The summed E-state index contributed by atoms with van der Waals surface area (Å²) in [5.74, 6) is 1.37. The van der Waals surface area contributed by atoms with Gasteiger partial charge in [0, 0.05) is 11.8 Å². The molecule has 2 N–H and O–H groups in total. The first-order chi connectivity index (χ1) is 11.3.